The molecule has 0 atom stereocenters. The lowest BCUT2D eigenvalue weighted by Gasteiger charge is -2.30. The number of hydrogen-bond acceptors (Lipinski definition) is 2. The van der Waals surface area contributed by atoms with E-state index in [4.69, 9.17) is 0 Å². The highest BCUT2D eigenvalue weighted by atomic mass is 19.4. The fourth-order valence-electron chi connectivity index (χ4n) is 3.14. The number of alkyl halides is 3. The Morgan fingerprint density at radius 3 is 2.56 bits per heavy atom. The number of aliphatic imine (C=N–C) groups is 1. The Kier molecular flexibility index (Phi) is 8.41. The lowest BCUT2D eigenvalue weighted by Crippen LogP contribution is -2.38. The smallest absolute Gasteiger partial charge is 0.357 e. The minimum Gasteiger partial charge on any atom is -0.357 e. The molecule has 1 aromatic carbocycles. The maximum absolute atomic E-state index is 12.3. The van der Waals surface area contributed by atoms with Crippen molar-refractivity contribution in [3.63, 3.8) is 0 Å². The molecular weight excluding hydrogens is 353 g/mol. The summed E-state index contributed by atoms with van der Waals surface area (Å²) in [7, 11) is 0. The van der Waals surface area contributed by atoms with E-state index in [0.717, 1.165) is 31.1 Å². The number of hydrogen-bond donors (Lipinski definition) is 2. The van der Waals surface area contributed by atoms with Crippen LogP contribution in [0.4, 0.5) is 13.2 Å². The quantitative estimate of drug-likeness (QED) is 0.553. The number of likely N-dealkylation sites (tertiary alicyclic amines) is 1. The van der Waals surface area contributed by atoms with Crippen LogP contribution in [-0.4, -0.2) is 43.2 Å². The number of nitrogens with zero attached hydrogens (tertiary/aromatic N) is 2. The minimum atomic E-state index is -4.16. The van der Waals surface area contributed by atoms with Crippen LogP contribution in [0.25, 0.3) is 0 Å². The van der Waals surface area contributed by atoms with E-state index in [0.29, 0.717) is 19.0 Å². The van der Waals surface area contributed by atoms with Gasteiger partial charge in [-0.2, -0.15) is 13.2 Å². The second kappa shape index (κ2) is 10.5. The predicted molar refractivity (Wildman–Crippen MR) is 104 cm³/mol. The summed E-state index contributed by atoms with van der Waals surface area (Å²) in [6.45, 7) is 8.27. The highest BCUT2D eigenvalue weighted by Crippen LogP contribution is 2.19. The van der Waals surface area contributed by atoms with Crippen LogP contribution in [0.1, 0.15) is 44.2 Å². The Balaban J connectivity index is 1.89. The van der Waals surface area contributed by atoms with Crippen LogP contribution in [0.3, 0.4) is 0 Å². The minimum absolute atomic E-state index is 0.178. The monoisotopic (exact) mass is 384 g/mol. The van der Waals surface area contributed by atoms with Gasteiger partial charge in [0.25, 0.3) is 0 Å². The van der Waals surface area contributed by atoms with Gasteiger partial charge in [0.05, 0.1) is 13.0 Å². The average Bonchev–Trinajstić information content (AvgIpc) is 2.61. The zero-order valence-corrected chi connectivity index (χ0v) is 16.3. The molecule has 0 spiro atoms. The van der Waals surface area contributed by atoms with Crippen LogP contribution < -0.4 is 10.6 Å². The van der Waals surface area contributed by atoms with Crippen LogP contribution >= 0.6 is 0 Å². The lowest BCUT2D eigenvalue weighted by molar-refractivity contribution is -0.132. The molecule has 1 saturated heterocycles. The summed E-state index contributed by atoms with van der Waals surface area (Å²) in [6.07, 6.45) is -2.54. The van der Waals surface area contributed by atoms with Crippen molar-refractivity contribution in [2.75, 3.05) is 26.2 Å². The molecule has 1 aromatic rings. The molecule has 0 saturated carbocycles. The Morgan fingerprint density at radius 1 is 1.19 bits per heavy atom. The van der Waals surface area contributed by atoms with Crippen molar-refractivity contribution in [2.24, 2.45) is 10.9 Å². The first-order valence-electron chi connectivity index (χ1n) is 9.75. The zero-order valence-electron chi connectivity index (χ0n) is 16.3. The van der Waals surface area contributed by atoms with Gasteiger partial charge in [-0.15, -0.1) is 0 Å². The third-order valence-electron chi connectivity index (χ3n) is 4.74. The van der Waals surface area contributed by atoms with Gasteiger partial charge in [0, 0.05) is 19.6 Å². The van der Waals surface area contributed by atoms with Crippen LogP contribution in [-0.2, 0) is 13.1 Å². The van der Waals surface area contributed by atoms with E-state index in [9.17, 15) is 13.2 Å². The first kappa shape index (κ1) is 21.5. The molecular formula is C20H31F3N4. The largest absolute Gasteiger partial charge is 0.390 e. The molecule has 7 heteroatoms. The molecule has 1 aliphatic rings. The maximum Gasteiger partial charge on any atom is 0.390 e. The fraction of sp³-hybridized carbons (Fsp3) is 0.650. The molecule has 0 amide bonds. The van der Waals surface area contributed by atoms with Gasteiger partial charge in [0.2, 0.25) is 0 Å². The summed E-state index contributed by atoms with van der Waals surface area (Å²) in [5.74, 6) is 1.23. The van der Waals surface area contributed by atoms with Crippen LogP contribution in [0.15, 0.2) is 29.3 Å². The summed E-state index contributed by atoms with van der Waals surface area (Å²) >= 11 is 0. The second-order valence-electron chi connectivity index (χ2n) is 7.27. The normalized spacial score (nSPS) is 17.1. The van der Waals surface area contributed by atoms with Gasteiger partial charge in [0.1, 0.15) is 0 Å². The summed E-state index contributed by atoms with van der Waals surface area (Å²) in [4.78, 5) is 6.89. The molecule has 2 N–H and O–H groups in total. The molecule has 1 heterocycles. The fourth-order valence-corrected chi connectivity index (χ4v) is 3.14. The average molecular weight is 384 g/mol. The first-order valence-corrected chi connectivity index (χ1v) is 9.75. The predicted octanol–water partition coefficient (Wildman–Crippen LogP) is 3.93. The molecule has 0 aromatic heterocycles. The number of nitrogens with one attached hydrogen (secondary N) is 2. The highest BCUT2D eigenvalue weighted by molar-refractivity contribution is 5.79. The van der Waals surface area contributed by atoms with Crippen molar-refractivity contribution in [3.05, 3.63) is 35.4 Å². The molecule has 1 fully saturated rings. The summed E-state index contributed by atoms with van der Waals surface area (Å²) in [5, 5.41) is 5.73. The standard InChI is InChI=1S/C20H31F3N4/c1-3-24-19(25-10-9-20(21,22)23)26-14-17-5-4-6-18(13-17)15-27-11-7-16(2)8-12-27/h4-6,13,16H,3,7-12,14-15H2,1-2H3,(H2,24,25,26). The van der Waals surface area contributed by atoms with Crippen molar-refractivity contribution >= 4 is 5.96 Å². The van der Waals surface area contributed by atoms with Gasteiger partial charge >= 0.3 is 6.18 Å². The summed E-state index contributed by atoms with van der Waals surface area (Å²) < 4.78 is 36.9. The Labute approximate surface area is 160 Å². The summed E-state index contributed by atoms with van der Waals surface area (Å²) in [5.41, 5.74) is 2.32. The van der Waals surface area contributed by atoms with E-state index >= 15 is 0 Å². The molecule has 0 bridgehead atoms. The van der Waals surface area contributed by atoms with Crippen molar-refractivity contribution in [1.29, 1.82) is 0 Å². The topological polar surface area (TPSA) is 39.7 Å². The van der Waals surface area contributed by atoms with Gasteiger partial charge in [-0.25, -0.2) is 4.99 Å². The third kappa shape index (κ3) is 8.65. The Morgan fingerprint density at radius 2 is 1.89 bits per heavy atom. The van der Waals surface area contributed by atoms with E-state index in [2.05, 4.69) is 39.6 Å². The van der Waals surface area contributed by atoms with Crippen molar-refractivity contribution in [3.8, 4) is 0 Å². The Bertz CT molecular complexity index is 593. The third-order valence-corrected chi connectivity index (χ3v) is 4.74. The number of benzene rings is 1. The Hall–Kier alpha value is -1.76. The molecule has 0 aliphatic carbocycles. The van der Waals surface area contributed by atoms with Crippen molar-refractivity contribution in [1.82, 2.24) is 15.5 Å². The van der Waals surface area contributed by atoms with E-state index in [1.807, 2.05) is 19.1 Å². The van der Waals surface area contributed by atoms with Gasteiger partial charge in [-0.05, 0) is 49.9 Å². The van der Waals surface area contributed by atoms with E-state index in [1.54, 1.807) is 0 Å². The molecule has 0 unspecified atom stereocenters. The van der Waals surface area contributed by atoms with Gasteiger partial charge < -0.3 is 10.6 Å². The van der Waals surface area contributed by atoms with Gasteiger partial charge in [0.15, 0.2) is 5.96 Å². The molecule has 152 valence electrons. The second-order valence-corrected chi connectivity index (χ2v) is 7.27. The van der Waals surface area contributed by atoms with E-state index in [1.165, 1.54) is 18.4 Å². The van der Waals surface area contributed by atoms with Crippen molar-refractivity contribution < 1.29 is 13.2 Å². The number of rotatable bonds is 7. The lowest BCUT2D eigenvalue weighted by atomic mass is 9.98. The maximum atomic E-state index is 12.3. The van der Waals surface area contributed by atoms with Gasteiger partial charge in [-0.1, -0.05) is 31.2 Å². The van der Waals surface area contributed by atoms with Crippen LogP contribution in [0, 0.1) is 5.92 Å². The van der Waals surface area contributed by atoms with Crippen LogP contribution in [0.2, 0.25) is 0 Å². The first-order chi connectivity index (χ1) is 12.9. The molecule has 27 heavy (non-hydrogen) atoms. The zero-order chi connectivity index (χ0) is 19.7. The van der Waals surface area contributed by atoms with E-state index in [-0.39, 0.29) is 6.54 Å². The number of piperidine rings is 1. The summed E-state index contributed by atoms with van der Waals surface area (Å²) in [6, 6.07) is 8.29. The van der Waals surface area contributed by atoms with Crippen molar-refractivity contribution in [2.45, 2.75) is 52.4 Å². The molecule has 0 radical (unpaired) electrons. The van der Waals surface area contributed by atoms with Crippen LogP contribution in [0.5, 0.6) is 0 Å². The number of halogens is 3. The van der Waals surface area contributed by atoms with Gasteiger partial charge in [-0.3, -0.25) is 4.90 Å². The molecule has 1 aliphatic heterocycles. The number of guanidine groups is 1. The highest BCUT2D eigenvalue weighted by Gasteiger charge is 2.26. The van der Waals surface area contributed by atoms with E-state index < -0.39 is 12.6 Å². The molecule has 4 nitrogen and oxygen atoms in total. The molecule has 2 rings (SSSR count). The SMILES string of the molecule is CCNC(=NCc1cccc(CN2CCC(C)CC2)c1)NCCC(F)(F)F.